The molecule has 0 radical (unpaired) electrons. The maximum Gasteiger partial charge on any atom is 0.242 e. The van der Waals surface area contributed by atoms with E-state index in [1.807, 2.05) is 0 Å². The van der Waals surface area contributed by atoms with Crippen LogP contribution in [0.2, 0.25) is 10.0 Å². The highest BCUT2D eigenvalue weighted by atomic mass is 35.5. The van der Waals surface area contributed by atoms with Gasteiger partial charge in [0.05, 0.1) is 5.02 Å². The van der Waals surface area contributed by atoms with Crippen molar-refractivity contribution in [2.24, 2.45) is 0 Å². The monoisotopic (exact) mass is 431 g/mol. The number of anilines is 1. The van der Waals surface area contributed by atoms with Crippen molar-refractivity contribution >= 4 is 38.9 Å². The van der Waals surface area contributed by atoms with Gasteiger partial charge < -0.3 is 4.90 Å². The first-order valence-electron chi connectivity index (χ1n) is 8.53. The van der Waals surface area contributed by atoms with Gasteiger partial charge in [-0.15, -0.1) is 0 Å². The Bertz CT molecular complexity index is 886. The van der Waals surface area contributed by atoms with Gasteiger partial charge in [-0.1, -0.05) is 23.2 Å². The van der Waals surface area contributed by atoms with Crippen LogP contribution in [-0.4, -0.2) is 52.6 Å². The first-order chi connectivity index (χ1) is 12.8. The summed E-state index contributed by atoms with van der Waals surface area (Å²) in [4.78, 5) is 4.35. The highest BCUT2D eigenvalue weighted by molar-refractivity contribution is 7.89. The van der Waals surface area contributed by atoms with E-state index in [1.54, 1.807) is 18.2 Å². The molecule has 2 aromatic rings. The minimum Gasteiger partial charge on any atom is -0.369 e. The minimum absolute atomic E-state index is 0.0159. The lowest BCUT2D eigenvalue weighted by atomic mass is 10.2. The van der Waals surface area contributed by atoms with E-state index in [2.05, 4.69) is 14.5 Å². The Hall–Kier alpha value is -1.38. The number of benzene rings is 2. The predicted molar refractivity (Wildman–Crippen MR) is 107 cm³/mol. The van der Waals surface area contributed by atoms with Crippen LogP contribution in [0.15, 0.2) is 47.4 Å². The smallest absolute Gasteiger partial charge is 0.242 e. The summed E-state index contributed by atoms with van der Waals surface area (Å²) in [7, 11) is -3.71. The van der Waals surface area contributed by atoms with Crippen LogP contribution in [0.5, 0.6) is 0 Å². The van der Waals surface area contributed by atoms with Crippen LogP contribution in [0.4, 0.5) is 10.1 Å². The van der Waals surface area contributed by atoms with Crippen LogP contribution < -0.4 is 9.62 Å². The summed E-state index contributed by atoms with van der Waals surface area (Å²) in [6.45, 7) is 4.08. The Labute approximate surface area is 168 Å². The van der Waals surface area contributed by atoms with E-state index in [-0.39, 0.29) is 22.3 Å². The number of rotatable bonds is 6. The summed E-state index contributed by atoms with van der Waals surface area (Å²) in [6, 6.07) is 10.8. The van der Waals surface area contributed by atoms with Gasteiger partial charge >= 0.3 is 0 Å². The van der Waals surface area contributed by atoms with Crippen LogP contribution in [0.1, 0.15) is 0 Å². The fourth-order valence-corrected chi connectivity index (χ4v) is 4.76. The molecule has 0 amide bonds. The third-order valence-electron chi connectivity index (χ3n) is 4.47. The molecule has 27 heavy (non-hydrogen) atoms. The molecular weight excluding hydrogens is 412 g/mol. The Morgan fingerprint density at radius 3 is 2.33 bits per heavy atom. The summed E-state index contributed by atoms with van der Waals surface area (Å²) in [5, 5.41) is 0.455. The van der Waals surface area contributed by atoms with Crippen molar-refractivity contribution in [1.82, 2.24) is 9.62 Å². The third kappa shape index (κ3) is 5.33. The number of piperazine rings is 1. The van der Waals surface area contributed by atoms with Crippen molar-refractivity contribution in [2.45, 2.75) is 4.90 Å². The average molecular weight is 432 g/mol. The van der Waals surface area contributed by atoms with Crippen molar-refractivity contribution in [1.29, 1.82) is 0 Å². The van der Waals surface area contributed by atoms with E-state index in [1.165, 1.54) is 24.3 Å². The van der Waals surface area contributed by atoms with Gasteiger partial charge in [-0.05, 0) is 42.5 Å². The van der Waals surface area contributed by atoms with Gasteiger partial charge in [0.15, 0.2) is 0 Å². The molecule has 5 nitrogen and oxygen atoms in total. The summed E-state index contributed by atoms with van der Waals surface area (Å²) in [5.74, 6) is -0.246. The first kappa shape index (κ1) is 20.4. The third-order valence-corrected chi connectivity index (χ3v) is 6.64. The standard InChI is InChI=1S/C18H20Cl2FN3O2S/c19-14-1-6-17(20)18(13-14)27(25,26)22-7-8-23-9-11-24(12-10-23)16-4-2-15(21)3-5-16/h1-6,13,22H,7-12H2. The van der Waals surface area contributed by atoms with Crippen molar-refractivity contribution in [3.63, 3.8) is 0 Å². The van der Waals surface area contributed by atoms with E-state index in [9.17, 15) is 12.8 Å². The second-order valence-corrected chi connectivity index (χ2v) is 8.86. The molecule has 1 heterocycles. The molecule has 9 heteroatoms. The number of nitrogens with zero attached hydrogens (tertiary/aromatic N) is 2. The lowest BCUT2D eigenvalue weighted by Gasteiger charge is -2.36. The molecule has 2 aromatic carbocycles. The van der Waals surface area contributed by atoms with Gasteiger partial charge in [0.25, 0.3) is 0 Å². The predicted octanol–water partition coefficient (Wildman–Crippen LogP) is 3.23. The summed E-state index contributed by atoms with van der Waals surface area (Å²) in [5.41, 5.74) is 0.993. The molecule has 1 saturated heterocycles. The molecule has 1 fully saturated rings. The van der Waals surface area contributed by atoms with Crippen molar-refractivity contribution in [3.05, 3.63) is 58.3 Å². The SMILES string of the molecule is O=S(=O)(NCCN1CCN(c2ccc(F)cc2)CC1)c1cc(Cl)ccc1Cl. The molecule has 0 saturated carbocycles. The number of nitrogens with one attached hydrogen (secondary N) is 1. The van der Waals surface area contributed by atoms with Gasteiger partial charge in [0.1, 0.15) is 10.7 Å². The van der Waals surface area contributed by atoms with E-state index in [0.717, 1.165) is 31.9 Å². The van der Waals surface area contributed by atoms with Crippen molar-refractivity contribution in [3.8, 4) is 0 Å². The topological polar surface area (TPSA) is 52.7 Å². The van der Waals surface area contributed by atoms with Gasteiger partial charge in [-0.25, -0.2) is 17.5 Å². The zero-order valence-corrected chi connectivity index (χ0v) is 16.9. The Morgan fingerprint density at radius 2 is 1.67 bits per heavy atom. The number of halogens is 3. The molecule has 0 spiro atoms. The number of sulfonamides is 1. The molecule has 1 aliphatic rings. The molecular formula is C18H20Cl2FN3O2S. The zero-order chi connectivity index (χ0) is 19.4. The Kier molecular flexibility index (Phi) is 6.60. The lowest BCUT2D eigenvalue weighted by Crippen LogP contribution is -2.48. The Balaban J connectivity index is 1.49. The van der Waals surface area contributed by atoms with Gasteiger partial charge in [-0.2, -0.15) is 0 Å². The second-order valence-electron chi connectivity index (χ2n) is 6.28. The van der Waals surface area contributed by atoms with Crippen LogP contribution in [0.25, 0.3) is 0 Å². The first-order valence-corrected chi connectivity index (χ1v) is 10.8. The molecule has 0 unspecified atom stereocenters. The quantitative estimate of drug-likeness (QED) is 0.762. The lowest BCUT2D eigenvalue weighted by molar-refractivity contribution is 0.262. The molecule has 146 valence electrons. The molecule has 0 atom stereocenters. The molecule has 0 bridgehead atoms. The molecule has 1 N–H and O–H groups in total. The maximum atomic E-state index is 13.0. The maximum absolute atomic E-state index is 13.0. The number of hydrogen-bond acceptors (Lipinski definition) is 4. The van der Waals surface area contributed by atoms with E-state index in [0.29, 0.717) is 11.6 Å². The van der Waals surface area contributed by atoms with Crippen molar-refractivity contribution in [2.75, 3.05) is 44.2 Å². The van der Waals surface area contributed by atoms with Crippen molar-refractivity contribution < 1.29 is 12.8 Å². The van der Waals surface area contributed by atoms with Gasteiger partial charge in [-0.3, -0.25) is 4.90 Å². The van der Waals surface area contributed by atoms with Crippen LogP contribution in [-0.2, 0) is 10.0 Å². The second kappa shape index (κ2) is 8.75. The van der Waals surface area contributed by atoms with E-state index < -0.39 is 10.0 Å². The van der Waals surface area contributed by atoms with E-state index >= 15 is 0 Å². The molecule has 1 aliphatic heterocycles. The zero-order valence-electron chi connectivity index (χ0n) is 14.5. The average Bonchev–Trinajstić information content (AvgIpc) is 2.65. The fraction of sp³-hybridized carbons (Fsp3) is 0.333. The van der Waals surface area contributed by atoms with E-state index in [4.69, 9.17) is 23.2 Å². The summed E-state index contributed by atoms with van der Waals surface area (Å²) in [6.07, 6.45) is 0. The van der Waals surface area contributed by atoms with Gasteiger partial charge in [0, 0.05) is 50.0 Å². The highest BCUT2D eigenvalue weighted by Crippen LogP contribution is 2.24. The Morgan fingerprint density at radius 1 is 1.00 bits per heavy atom. The summed E-state index contributed by atoms with van der Waals surface area (Å²) < 4.78 is 40.4. The van der Waals surface area contributed by atoms with Crippen LogP contribution in [0.3, 0.4) is 0 Å². The fourth-order valence-electron chi connectivity index (χ4n) is 2.98. The van der Waals surface area contributed by atoms with Gasteiger partial charge in [0.2, 0.25) is 10.0 Å². The normalized spacial score (nSPS) is 15.9. The molecule has 0 aliphatic carbocycles. The highest BCUT2D eigenvalue weighted by Gasteiger charge is 2.20. The van der Waals surface area contributed by atoms with Crippen LogP contribution >= 0.6 is 23.2 Å². The molecule has 3 rings (SSSR count). The largest absolute Gasteiger partial charge is 0.369 e. The molecule has 0 aromatic heterocycles. The number of hydrogen-bond donors (Lipinski definition) is 1. The minimum atomic E-state index is -3.71. The summed E-state index contributed by atoms with van der Waals surface area (Å²) >= 11 is 11.8. The van der Waals surface area contributed by atoms with Crippen LogP contribution in [0, 0.1) is 5.82 Å².